The lowest BCUT2D eigenvalue weighted by atomic mass is 10.0. The van der Waals surface area contributed by atoms with Gasteiger partial charge in [0.1, 0.15) is 5.69 Å². The second-order valence-corrected chi connectivity index (χ2v) is 5.15. The van der Waals surface area contributed by atoms with Crippen LogP contribution in [-0.4, -0.2) is 11.6 Å². The molecule has 5 heteroatoms. The molecule has 20 heavy (non-hydrogen) atoms. The maximum Gasteiger partial charge on any atom is 0.433 e. The van der Waals surface area contributed by atoms with Crippen molar-refractivity contribution in [2.75, 3.05) is 6.61 Å². The predicted octanol–water partition coefficient (Wildman–Crippen LogP) is 5.18. The van der Waals surface area contributed by atoms with Crippen molar-refractivity contribution in [2.45, 2.75) is 58.5 Å². The Bertz CT molecular complexity index is 416. The number of pyridine rings is 1. The Hall–Kier alpha value is -1.26. The van der Waals surface area contributed by atoms with E-state index in [1.54, 1.807) is 0 Å². The lowest BCUT2D eigenvalue weighted by molar-refractivity contribution is -0.141. The summed E-state index contributed by atoms with van der Waals surface area (Å²) in [5, 5.41) is 0. The van der Waals surface area contributed by atoms with Crippen molar-refractivity contribution in [3.8, 4) is 5.88 Å². The van der Waals surface area contributed by atoms with Crippen molar-refractivity contribution in [3.05, 3.63) is 23.4 Å². The predicted molar refractivity (Wildman–Crippen MR) is 73.0 cm³/mol. The van der Waals surface area contributed by atoms with Crippen LogP contribution < -0.4 is 4.74 Å². The van der Waals surface area contributed by atoms with Gasteiger partial charge in [-0.25, -0.2) is 4.98 Å². The molecule has 1 aromatic heterocycles. The summed E-state index contributed by atoms with van der Waals surface area (Å²) in [5.41, 5.74) is -0.182. The van der Waals surface area contributed by atoms with Crippen LogP contribution in [0.1, 0.15) is 63.6 Å². The molecule has 0 fully saturated rings. The molecular weight excluding hydrogens is 267 g/mol. The standard InChI is InChI=1S/C15H22F3NO/c1-4-5-6-7-10-20-14-12(11(2)3)8-9-13(19-14)15(16,17)18/h8-9,11H,4-7,10H2,1-3H3. The first-order valence-corrected chi connectivity index (χ1v) is 7.07. The smallest absolute Gasteiger partial charge is 0.433 e. The topological polar surface area (TPSA) is 22.1 Å². The van der Waals surface area contributed by atoms with Crippen LogP contribution in [0.2, 0.25) is 0 Å². The maximum atomic E-state index is 12.7. The molecule has 1 heterocycles. The molecule has 2 nitrogen and oxygen atoms in total. The molecule has 0 aliphatic carbocycles. The van der Waals surface area contributed by atoms with Crippen molar-refractivity contribution < 1.29 is 17.9 Å². The van der Waals surface area contributed by atoms with Gasteiger partial charge in [0.2, 0.25) is 5.88 Å². The highest BCUT2D eigenvalue weighted by atomic mass is 19.4. The van der Waals surface area contributed by atoms with E-state index in [4.69, 9.17) is 4.74 Å². The number of aromatic nitrogens is 1. The average molecular weight is 289 g/mol. The Morgan fingerprint density at radius 3 is 2.40 bits per heavy atom. The molecule has 0 unspecified atom stereocenters. The Kier molecular flexibility index (Phi) is 6.30. The highest BCUT2D eigenvalue weighted by molar-refractivity contribution is 5.31. The van der Waals surface area contributed by atoms with Crippen molar-refractivity contribution in [1.29, 1.82) is 0 Å². The summed E-state index contributed by atoms with van der Waals surface area (Å²) >= 11 is 0. The summed E-state index contributed by atoms with van der Waals surface area (Å²) in [4.78, 5) is 3.64. The van der Waals surface area contributed by atoms with E-state index in [0.717, 1.165) is 31.7 Å². The second-order valence-electron chi connectivity index (χ2n) is 5.15. The van der Waals surface area contributed by atoms with Gasteiger partial charge in [-0.2, -0.15) is 13.2 Å². The Morgan fingerprint density at radius 2 is 1.85 bits per heavy atom. The van der Waals surface area contributed by atoms with Gasteiger partial charge in [-0.05, 0) is 18.4 Å². The second kappa shape index (κ2) is 7.50. The van der Waals surface area contributed by atoms with Crippen LogP contribution in [0, 0.1) is 0 Å². The number of rotatable bonds is 7. The van der Waals surface area contributed by atoms with Gasteiger partial charge in [-0.3, -0.25) is 0 Å². The molecule has 0 aliphatic heterocycles. The molecule has 0 N–H and O–H groups in total. The zero-order valence-corrected chi connectivity index (χ0v) is 12.3. The molecule has 0 atom stereocenters. The molecule has 0 saturated heterocycles. The number of ether oxygens (including phenoxy) is 1. The van der Waals surface area contributed by atoms with Gasteiger partial charge in [-0.1, -0.05) is 46.1 Å². The van der Waals surface area contributed by atoms with Crippen LogP contribution in [0.4, 0.5) is 13.2 Å². The van der Waals surface area contributed by atoms with E-state index in [2.05, 4.69) is 11.9 Å². The number of hydrogen-bond acceptors (Lipinski definition) is 2. The molecule has 0 saturated carbocycles. The molecule has 1 rings (SSSR count). The highest BCUT2D eigenvalue weighted by Crippen LogP contribution is 2.32. The van der Waals surface area contributed by atoms with E-state index in [1.807, 2.05) is 13.8 Å². The minimum atomic E-state index is -4.43. The summed E-state index contributed by atoms with van der Waals surface area (Å²) in [6.07, 6.45) is -0.360. The fourth-order valence-corrected chi connectivity index (χ4v) is 1.86. The lowest BCUT2D eigenvalue weighted by Gasteiger charge is -2.15. The van der Waals surface area contributed by atoms with Gasteiger partial charge in [-0.15, -0.1) is 0 Å². The van der Waals surface area contributed by atoms with Gasteiger partial charge >= 0.3 is 6.18 Å². The summed E-state index contributed by atoms with van der Waals surface area (Å²) in [6, 6.07) is 2.47. The fraction of sp³-hybridized carbons (Fsp3) is 0.667. The van der Waals surface area contributed by atoms with Gasteiger partial charge < -0.3 is 4.74 Å². The molecule has 0 aromatic carbocycles. The van der Waals surface area contributed by atoms with Gasteiger partial charge in [0.05, 0.1) is 6.61 Å². The number of unbranched alkanes of at least 4 members (excludes halogenated alkanes) is 3. The SMILES string of the molecule is CCCCCCOc1nc(C(F)(F)F)ccc1C(C)C. The van der Waals surface area contributed by atoms with E-state index in [0.29, 0.717) is 12.2 Å². The van der Waals surface area contributed by atoms with Gasteiger partial charge in [0, 0.05) is 5.56 Å². The number of alkyl halides is 3. The van der Waals surface area contributed by atoms with Crippen LogP contribution in [0.15, 0.2) is 12.1 Å². The van der Waals surface area contributed by atoms with Crippen LogP contribution in [-0.2, 0) is 6.18 Å². The first-order valence-electron chi connectivity index (χ1n) is 7.07. The van der Waals surface area contributed by atoms with Crippen LogP contribution in [0.25, 0.3) is 0 Å². The van der Waals surface area contributed by atoms with E-state index >= 15 is 0 Å². The summed E-state index contributed by atoms with van der Waals surface area (Å²) in [5.74, 6) is 0.196. The third-order valence-corrected chi connectivity index (χ3v) is 3.04. The minimum absolute atomic E-state index is 0.0791. The van der Waals surface area contributed by atoms with Crippen molar-refractivity contribution in [3.63, 3.8) is 0 Å². The van der Waals surface area contributed by atoms with Gasteiger partial charge in [0.25, 0.3) is 0 Å². The quantitative estimate of drug-likeness (QED) is 0.645. The highest BCUT2D eigenvalue weighted by Gasteiger charge is 2.33. The van der Waals surface area contributed by atoms with Crippen LogP contribution >= 0.6 is 0 Å². The lowest BCUT2D eigenvalue weighted by Crippen LogP contribution is -2.11. The zero-order valence-electron chi connectivity index (χ0n) is 12.3. The maximum absolute atomic E-state index is 12.7. The largest absolute Gasteiger partial charge is 0.477 e. The van der Waals surface area contributed by atoms with E-state index in [1.165, 1.54) is 6.07 Å². The number of nitrogens with zero attached hydrogens (tertiary/aromatic N) is 1. The molecule has 0 spiro atoms. The molecule has 0 aliphatic rings. The third kappa shape index (κ3) is 5.02. The van der Waals surface area contributed by atoms with E-state index in [9.17, 15) is 13.2 Å². The molecule has 0 radical (unpaired) electrons. The van der Waals surface area contributed by atoms with Gasteiger partial charge in [0.15, 0.2) is 0 Å². The minimum Gasteiger partial charge on any atom is -0.477 e. The van der Waals surface area contributed by atoms with Crippen molar-refractivity contribution in [2.24, 2.45) is 0 Å². The number of halogens is 3. The molecule has 0 amide bonds. The Balaban J connectivity index is 2.79. The number of hydrogen-bond donors (Lipinski definition) is 0. The zero-order chi connectivity index (χ0) is 15.2. The van der Waals surface area contributed by atoms with Crippen molar-refractivity contribution >= 4 is 0 Å². The van der Waals surface area contributed by atoms with Crippen molar-refractivity contribution in [1.82, 2.24) is 4.98 Å². The normalized spacial score (nSPS) is 11.9. The summed E-state index contributed by atoms with van der Waals surface area (Å²) in [7, 11) is 0. The molecule has 1 aromatic rings. The fourth-order valence-electron chi connectivity index (χ4n) is 1.86. The Labute approximate surface area is 118 Å². The first-order chi connectivity index (χ1) is 9.36. The monoisotopic (exact) mass is 289 g/mol. The summed E-state index contributed by atoms with van der Waals surface area (Å²) < 4.78 is 43.5. The third-order valence-electron chi connectivity index (χ3n) is 3.04. The van der Waals surface area contributed by atoms with Crippen LogP contribution in [0.3, 0.4) is 0 Å². The first kappa shape index (κ1) is 16.8. The van der Waals surface area contributed by atoms with E-state index in [-0.39, 0.29) is 11.8 Å². The molecule has 114 valence electrons. The average Bonchev–Trinajstić information content (AvgIpc) is 2.37. The molecule has 0 bridgehead atoms. The Morgan fingerprint density at radius 1 is 1.15 bits per heavy atom. The van der Waals surface area contributed by atoms with E-state index < -0.39 is 11.9 Å². The van der Waals surface area contributed by atoms with Crippen LogP contribution in [0.5, 0.6) is 5.88 Å². The summed E-state index contributed by atoms with van der Waals surface area (Å²) in [6.45, 7) is 6.34. The molecular formula is C15H22F3NO.